The molecule has 0 amide bonds. The molecule has 3 rings (SSSR count). The van der Waals surface area contributed by atoms with E-state index in [2.05, 4.69) is 49.4 Å². The normalized spacial score (nSPS) is 11.2. The summed E-state index contributed by atoms with van der Waals surface area (Å²) in [5.41, 5.74) is 3.39. The molecule has 3 aromatic rings. The number of benzene rings is 2. The molecule has 8 heteroatoms. The lowest BCUT2D eigenvalue weighted by Gasteiger charge is -2.16. The van der Waals surface area contributed by atoms with E-state index in [9.17, 15) is 0 Å². The van der Waals surface area contributed by atoms with Crippen molar-refractivity contribution in [3.05, 3.63) is 71.3 Å². The molecule has 0 fully saturated rings. The zero-order chi connectivity index (χ0) is 22.9. The summed E-state index contributed by atoms with van der Waals surface area (Å²) in [7, 11) is 6.56. The first-order valence-corrected chi connectivity index (χ1v) is 10.4. The van der Waals surface area contributed by atoms with Gasteiger partial charge in [0.25, 0.3) is 0 Å². The molecule has 0 bridgehead atoms. The van der Waals surface area contributed by atoms with Crippen LogP contribution in [0.4, 0.5) is 0 Å². The van der Waals surface area contributed by atoms with Crippen LogP contribution in [0.3, 0.4) is 0 Å². The zero-order valence-electron chi connectivity index (χ0n) is 19.3. The third-order valence-corrected chi connectivity index (χ3v) is 5.14. The maximum absolute atomic E-state index is 5.43. The minimum absolute atomic E-state index is 0.552. The number of aryl methyl sites for hydroxylation is 1. The van der Waals surface area contributed by atoms with Crippen LogP contribution in [0.5, 0.6) is 17.2 Å². The van der Waals surface area contributed by atoms with Gasteiger partial charge in [0, 0.05) is 39.1 Å². The number of aliphatic imine (C=N–C) groups is 1. The molecule has 0 atom stereocenters. The van der Waals surface area contributed by atoms with Gasteiger partial charge in [0.05, 0.1) is 21.3 Å². The van der Waals surface area contributed by atoms with Gasteiger partial charge in [-0.25, -0.2) is 4.98 Å². The summed E-state index contributed by atoms with van der Waals surface area (Å²) >= 11 is 0. The molecule has 0 aliphatic rings. The second-order valence-electron chi connectivity index (χ2n) is 7.24. The molecule has 2 aromatic carbocycles. The molecule has 8 nitrogen and oxygen atoms in total. The van der Waals surface area contributed by atoms with Crippen LogP contribution >= 0.6 is 0 Å². The topological polar surface area (TPSA) is 81.9 Å². The van der Waals surface area contributed by atoms with Gasteiger partial charge in [-0.3, -0.25) is 4.99 Å². The quantitative estimate of drug-likeness (QED) is 0.395. The standard InChI is InChI=1S/C24H31N5O3/c1-17-26-9-10-29(17)16-19-8-6-7-18(11-19)14-27-24(25-2)28-15-20-12-21(30-3)23(32-5)22(13-20)31-4/h6-13H,14-16H2,1-5H3,(H2,25,27,28). The summed E-state index contributed by atoms with van der Waals surface area (Å²) in [4.78, 5) is 8.61. The summed E-state index contributed by atoms with van der Waals surface area (Å²) in [6, 6.07) is 12.3. The van der Waals surface area contributed by atoms with E-state index in [1.807, 2.05) is 31.5 Å². The fourth-order valence-electron chi connectivity index (χ4n) is 3.44. The highest BCUT2D eigenvalue weighted by atomic mass is 16.5. The molecule has 0 saturated heterocycles. The molecular formula is C24H31N5O3. The maximum Gasteiger partial charge on any atom is 0.203 e. The largest absolute Gasteiger partial charge is 0.493 e. The van der Waals surface area contributed by atoms with Crippen molar-refractivity contribution >= 4 is 5.96 Å². The molecule has 0 saturated carbocycles. The van der Waals surface area contributed by atoms with Gasteiger partial charge in [-0.05, 0) is 35.7 Å². The first-order valence-electron chi connectivity index (χ1n) is 10.4. The monoisotopic (exact) mass is 437 g/mol. The number of nitrogens with one attached hydrogen (secondary N) is 2. The predicted molar refractivity (Wildman–Crippen MR) is 126 cm³/mol. The molecule has 0 unspecified atom stereocenters. The lowest BCUT2D eigenvalue weighted by Crippen LogP contribution is -2.36. The SMILES string of the molecule is CN=C(NCc1cccc(Cn2ccnc2C)c1)NCc1cc(OC)c(OC)c(OC)c1. The fraction of sp³-hybridized carbons (Fsp3) is 0.333. The van der Waals surface area contributed by atoms with Gasteiger partial charge in [-0.1, -0.05) is 24.3 Å². The van der Waals surface area contributed by atoms with Crippen LogP contribution in [0.1, 0.15) is 22.5 Å². The highest BCUT2D eigenvalue weighted by Crippen LogP contribution is 2.38. The van der Waals surface area contributed by atoms with Crippen molar-refractivity contribution in [3.8, 4) is 17.2 Å². The Morgan fingerprint density at radius 3 is 2.16 bits per heavy atom. The minimum Gasteiger partial charge on any atom is -0.493 e. The van der Waals surface area contributed by atoms with E-state index < -0.39 is 0 Å². The Balaban J connectivity index is 1.60. The number of methoxy groups -OCH3 is 3. The smallest absolute Gasteiger partial charge is 0.203 e. The van der Waals surface area contributed by atoms with E-state index in [-0.39, 0.29) is 0 Å². The Kier molecular flexibility index (Phi) is 7.96. The first kappa shape index (κ1) is 23.0. The van der Waals surface area contributed by atoms with Crippen LogP contribution in [-0.2, 0) is 19.6 Å². The Bertz CT molecular complexity index is 1040. The molecule has 2 N–H and O–H groups in total. The van der Waals surface area contributed by atoms with Crippen molar-refractivity contribution in [2.24, 2.45) is 4.99 Å². The van der Waals surface area contributed by atoms with Gasteiger partial charge < -0.3 is 29.4 Å². The predicted octanol–water partition coefficient (Wildman–Crippen LogP) is 3.13. The van der Waals surface area contributed by atoms with Gasteiger partial charge >= 0.3 is 0 Å². The van der Waals surface area contributed by atoms with Crippen molar-refractivity contribution in [1.82, 2.24) is 20.2 Å². The lowest BCUT2D eigenvalue weighted by atomic mass is 10.1. The van der Waals surface area contributed by atoms with Crippen molar-refractivity contribution in [1.29, 1.82) is 0 Å². The van der Waals surface area contributed by atoms with Crippen LogP contribution < -0.4 is 24.8 Å². The van der Waals surface area contributed by atoms with E-state index in [0.717, 1.165) is 17.9 Å². The van der Waals surface area contributed by atoms with Crippen molar-refractivity contribution < 1.29 is 14.2 Å². The average molecular weight is 438 g/mol. The number of hydrogen-bond acceptors (Lipinski definition) is 5. The Morgan fingerprint density at radius 2 is 1.59 bits per heavy atom. The van der Waals surface area contributed by atoms with Crippen LogP contribution in [0, 0.1) is 6.92 Å². The number of nitrogens with zero attached hydrogens (tertiary/aromatic N) is 3. The Morgan fingerprint density at radius 1 is 0.938 bits per heavy atom. The second-order valence-corrected chi connectivity index (χ2v) is 7.24. The van der Waals surface area contributed by atoms with Crippen molar-refractivity contribution in [2.45, 2.75) is 26.6 Å². The molecule has 0 spiro atoms. The first-order chi connectivity index (χ1) is 15.6. The maximum atomic E-state index is 5.43. The van der Waals surface area contributed by atoms with Crippen LogP contribution in [0.25, 0.3) is 0 Å². The molecule has 0 radical (unpaired) electrons. The third kappa shape index (κ3) is 5.72. The van der Waals surface area contributed by atoms with Gasteiger partial charge in [-0.2, -0.15) is 0 Å². The number of ether oxygens (including phenoxy) is 3. The molecule has 170 valence electrons. The number of imidazole rings is 1. The van der Waals surface area contributed by atoms with Gasteiger partial charge in [0.2, 0.25) is 5.75 Å². The highest BCUT2D eigenvalue weighted by Gasteiger charge is 2.13. The van der Waals surface area contributed by atoms with Crippen LogP contribution in [0.15, 0.2) is 53.8 Å². The molecule has 1 aromatic heterocycles. The van der Waals surface area contributed by atoms with Gasteiger partial charge in [0.15, 0.2) is 17.5 Å². The summed E-state index contributed by atoms with van der Waals surface area (Å²) in [5.74, 6) is 3.53. The average Bonchev–Trinajstić information content (AvgIpc) is 3.22. The van der Waals surface area contributed by atoms with Gasteiger partial charge in [0.1, 0.15) is 5.82 Å². The highest BCUT2D eigenvalue weighted by molar-refractivity contribution is 5.79. The summed E-state index contributed by atoms with van der Waals surface area (Å²) < 4.78 is 18.4. The van der Waals surface area contributed by atoms with Crippen LogP contribution in [0.2, 0.25) is 0 Å². The van der Waals surface area contributed by atoms with E-state index in [4.69, 9.17) is 14.2 Å². The van der Waals surface area contributed by atoms with Crippen molar-refractivity contribution in [3.63, 3.8) is 0 Å². The van der Waals surface area contributed by atoms with E-state index >= 15 is 0 Å². The molecule has 0 aliphatic heterocycles. The van der Waals surface area contributed by atoms with E-state index in [1.165, 1.54) is 11.1 Å². The van der Waals surface area contributed by atoms with E-state index in [0.29, 0.717) is 36.3 Å². The Hall–Kier alpha value is -3.68. The van der Waals surface area contributed by atoms with Gasteiger partial charge in [-0.15, -0.1) is 0 Å². The Labute approximate surface area is 189 Å². The lowest BCUT2D eigenvalue weighted by molar-refractivity contribution is 0.323. The number of aromatic nitrogens is 2. The molecule has 1 heterocycles. The number of guanidine groups is 1. The summed E-state index contributed by atoms with van der Waals surface area (Å²) in [6.07, 6.45) is 3.82. The number of hydrogen-bond donors (Lipinski definition) is 2. The summed E-state index contributed by atoms with van der Waals surface area (Å²) in [6.45, 7) is 4.02. The summed E-state index contributed by atoms with van der Waals surface area (Å²) in [5, 5.41) is 6.69. The minimum atomic E-state index is 0.552. The van der Waals surface area contributed by atoms with E-state index in [1.54, 1.807) is 28.4 Å². The van der Waals surface area contributed by atoms with Crippen molar-refractivity contribution in [2.75, 3.05) is 28.4 Å². The van der Waals surface area contributed by atoms with Crippen LogP contribution in [-0.4, -0.2) is 43.9 Å². The fourth-order valence-corrected chi connectivity index (χ4v) is 3.44. The molecule has 0 aliphatic carbocycles. The molecular weight excluding hydrogens is 406 g/mol. The number of rotatable bonds is 9. The molecule has 32 heavy (non-hydrogen) atoms. The second kappa shape index (κ2) is 11.1. The zero-order valence-corrected chi connectivity index (χ0v) is 19.3. The third-order valence-electron chi connectivity index (χ3n) is 5.14.